The van der Waals surface area contributed by atoms with Crippen molar-refractivity contribution < 1.29 is 19.0 Å². The normalized spacial score (nSPS) is 18.8. The van der Waals surface area contributed by atoms with E-state index in [1.165, 1.54) is 12.7 Å². The first-order valence-electron chi connectivity index (χ1n) is 11.3. The summed E-state index contributed by atoms with van der Waals surface area (Å²) in [6.45, 7) is 5.26. The van der Waals surface area contributed by atoms with Crippen LogP contribution >= 0.6 is 0 Å². The van der Waals surface area contributed by atoms with E-state index in [4.69, 9.17) is 19.2 Å². The minimum absolute atomic E-state index is 0.109. The van der Waals surface area contributed by atoms with Crippen molar-refractivity contribution in [3.63, 3.8) is 0 Å². The summed E-state index contributed by atoms with van der Waals surface area (Å²) in [5.74, 6) is 1.30. The Morgan fingerprint density at radius 1 is 1.09 bits per heavy atom. The van der Waals surface area contributed by atoms with Gasteiger partial charge in [0.05, 0.1) is 25.5 Å². The molecule has 0 unspecified atom stereocenters. The molecule has 3 aromatic rings. The van der Waals surface area contributed by atoms with E-state index in [9.17, 15) is 4.79 Å². The van der Waals surface area contributed by atoms with Crippen LogP contribution in [0.5, 0.6) is 5.88 Å². The van der Waals surface area contributed by atoms with E-state index in [1.54, 1.807) is 10.6 Å². The number of carbonyl (C=O) groups is 1. The van der Waals surface area contributed by atoms with Crippen molar-refractivity contribution in [3.05, 3.63) is 59.5 Å². The van der Waals surface area contributed by atoms with E-state index in [1.807, 2.05) is 38.2 Å². The molecule has 170 valence electrons. The Labute approximate surface area is 188 Å². The standard InChI is InChI=1S/C25H31N3O4/c1-17(2)32-23-21(24(29)30-3)13-28-14-22(26-25(28)27-23)20-11-9-19(10-12-20)16-31-15-18-7-5-4-6-8-18/h4-8,13-14,17,19-20H,9-12,15-16H2,1-3H3. The molecule has 32 heavy (non-hydrogen) atoms. The van der Waals surface area contributed by atoms with E-state index >= 15 is 0 Å². The second-order valence-corrected chi connectivity index (χ2v) is 8.71. The third-order valence-electron chi connectivity index (χ3n) is 5.91. The van der Waals surface area contributed by atoms with E-state index in [2.05, 4.69) is 17.1 Å². The van der Waals surface area contributed by atoms with Gasteiger partial charge < -0.3 is 14.2 Å². The number of hydrogen-bond donors (Lipinski definition) is 0. The molecule has 1 aromatic carbocycles. The zero-order valence-corrected chi connectivity index (χ0v) is 19.0. The minimum atomic E-state index is -0.471. The SMILES string of the molecule is COC(=O)c1cn2cc(C3CCC(COCc4ccccc4)CC3)nc2nc1OC(C)C. The number of imidazole rings is 1. The molecular weight excluding hydrogens is 406 g/mol. The molecule has 7 nitrogen and oxygen atoms in total. The number of benzene rings is 1. The van der Waals surface area contributed by atoms with Gasteiger partial charge in [0.1, 0.15) is 5.56 Å². The molecule has 0 aliphatic heterocycles. The van der Waals surface area contributed by atoms with Crippen LogP contribution in [-0.4, -0.2) is 40.2 Å². The van der Waals surface area contributed by atoms with Crippen LogP contribution in [0.4, 0.5) is 0 Å². The zero-order chi connectivity index (χ0) is 22.5. The minimum Gasteiger partial charge on any atom is -0.474 e. The summed E-state index contributed by atoms with van der Waals surface area (Å²) in [6.07, 6.45) is 7.95. The fourth-order valence-corrected chi connectivity index (χ4v) is 4.23. The highest BCUT2D eigenvalue weighted by Gasteiger charge is 2.26. The number of rotatable bonds is 8. The lowest BCUT2D eigenvalue weighted by Gasteiger charge is -2.27. The number of methoxy groups -OCH3 is 1. The predicted molar refractivity (Wildman–Crippen MR) is 121 cm³/mol. The topological polar surface area (TPSA) is 75.0 Å². The summed E-state index contributed by atoms with van der Waals surface area (Å²) in [4.78, 5) is 21.4. The van der Waals surface area contributed by atoms with Crippen molar-refractivity contribution in [2.75, 3.05) is 13.7 Å². The van der Waals surface area contributed by atoms with Crippen molar-refractivity contribution in [3.8, 4) is 5.88 Å². The average Bonchev–Trinajstić information content (AvgIpc) is 3.22. The summed E-state index contributed by atoms with van der Waals surface area (Å²) in [7, 11) is 1.35. The van der Waals surface area contributed by atoms with Crippen LogP contribution < -0.4 is 4.74 Å². The van der Waals surface area contributed by atoms with Gasteiger partial charge in [0.25, 0.3) is 0 Å². The highest BCUT2D eigenvalue weighted by atomic mass is 16.5. The van der Waals surface area contributed by atoms with Crippen molar-refractivity contribution in [1.82, 2.24) is 14.4 Å². The van der Waals surface area contributed by atoms with E-state index < -0.39 is 5.97 Å². The molecule has 1 aliphatic rings. The van der Waals surface area contributed by atoms with Crippen molar-refractivity contribution in [2.24, 2.45) is 5.92 Å². The Bertz CT molecular complexity index is 1040. The average molecular weight is 438 g/mol. The summed E-state index contributed by atoms with van der Waals surface area (Å²) < 4.78 is 18.4. The van der Waals surface area contributed by atoms with Crippen LogP contribution in [0.1, 0.15) is 67.1 Å². The lowest BCUT2D eigenvalue weighted by Crippen LogP contribution is -2.18. The van der Waals surface area contributed by atoms with Gasteiger partial charge in [0, 0.05) is 24.9 Å². The van der Waals surface area contributed by atoms with Crippen LogP contribution in [0, 0.1) is 5.92 Å². The first-order valence-corrected chi connectivity index (χ1v) is 11.3. The van der Waals surface area contributed by atoms with Crippen LogP contribution in [-0.2, 0) is 16.1 Å². The fourth-order valence-electron chi connectivity index (χ4n) is 4.23. The number of fused-ring (bicyclic) bond motifs is 1. The number of esters is 1. The molecule has 0 radical (unpaired) electrons. The lowest BCUT2D eigenvalue weighted by atomic mass is 9.81. The van der Waals surface area contributed by atoms with Gasteiger partial charge in [-0.1, -0.05) is 30.3 Å². The maximum Gasteiger partial charge on any atom is 0.344 e. The van der Waals surface area contributed by atoms with Gasteiger partial charge in [-0.05, 0) is 51.0 Å². The molecule has 1 aliphatic carbocycles. The van der Waals surface area contributed by atoms with Gasteiger partial charge in [-0.15, -0.1) is 0 Å². The fraction of sp³-hybridized carbons (Fsp3) is 0.480. The van der Waals surface area contributed by atoms with Crippen LogP contribution in [0.3, 0.4) is 0 Å². The number of carbonyl (C=O) groups excluding carboxylic acids is 1. The first-order chi connectivity index (χ1) is 15.5. The highest BCUT2D eigenvalue weighted by Crippen LogP contribution is 2.36. The molecule has 1 fully saturated rings. The quantitative estimate of drug-likeness (QED) is 0.472. The van der Waals surface area contributed by atoms with Gasteiger partial charge in [-0.2, -0.15) is 4.98 Å². The van der Waals surface area contributed by atoms with E-state index in [-0.39, 0.29) is 12.0 Å². The number of nitrogens with zero attached hydrogens (tertiary/aromatic N) is 3. The Kier molecular flexibility index (Phi) is 7.05. The van der Waals surface area contributed by atoms with Crippen LogP contribution in [0.15, 0.2) is 42.7 Å². The Balaban J connectivity index is 1.39. The molecule has 0 saturated heterocycles. The van der Waals surface area contributed by atoms with Crippen molar-refractivity contribution in [2.45, 2.75) is 58.2 Å². The second kappa shape index (κ2) is 10.1. The Morgan fingerprint density at radius 3 is 2.53 bits per heavy atom. The predicted octanol–water partition coefficient (Wildman–Crippen LogP) is 4.79. The second-order valence-electron chi connectivity index (χ2n) is 8.71. The van der Waals surface area contributed by atoms with Crippen LogP contribution in [0.2, 0.25) is 0 Å². The third kappa shape index (κ3) is 5.27. The molecule has 0 N–H and O–H groups in total. The maximum absolute atomic E-state index is 12.2. The molecule has 0 spiro atoms. The number of ether oxygens (including phenoxy) is 3. The Hall–Kier alpha value is -2.93. The van der Waals surface area contributed by atoms with Gasteiger partial charge in [-0.3, -0.25) is 4.40 Å². The summed E-state index contributed by atoms with van der Waals surface area (Å²) in [5, 5.41) is 0. The lowest BCUT2D eigenvalue weighted by molar-refractivity contribution is 0.0592. The molecule has 0 amide bonds. The Morgan fingerprint density at radius 2 is 1.84 bits per heavy atom. The highest BCUT2D eigenvalue weighted by molar-refractivity contribution is 5.91. The maximum atomic E-state index is 12.2. The number of hydrogen-bond acceptors (Lipinski definition) is 6. The number of aromatic nitrogens is 3. The molecule has 4 rings (SSSR count). The summed E-state index contributed by atoms with van der Waals surface area (Å²) in [6, 6.07) is 10.3. The molecule has 1 saturated carbocycles. The molecule has 0 bridgehead atoms. The van der Waals surface area contributed by atoms with Crippen molar-refractivity contribution in [1.29, 1.82) is 0 Å². The molecule has 7 heteroatoms. The summed E-state index contributed by atoms with van der Waals surface area (Å²) >= 11 is 0. The van der Waals surface area contributed by atoms with Gasteiger partial charge >= 0.3 is 5.97 Å². The van der Waals surface area contributed by atoms with Crippen molar-refractivity contribution >= 4 is 11.7 Å². The third-order valence-corrected chi connectivity index (χ3v) is 5.91. The summed E-state index contributed by atoms with van der Waals surface area (Å²) in [5.41, 5.74) is 2.53. The largest absolute Gasteiger partial charge is 0.474 e. The molecular formula is C25H31N3O4. The van der Waals surface area contributed by atoms with E-state index in [0.29, 0.717) is 29.8 Å². The first kappa shape index (κ1) is 22.3. The van der Waals surface area contributed by atoms with Gasteiger partial charge in [-0.25, -0.2) is 9.78 Å². The van der Waals surface area contributed by atoms with Crippen LogP contribution in [0.25, 0.3) is 5.78 Å². The van der Waals surface area contributed by atoms with Gasteiger partial charge in [0.15, 0.2) is 0 Å². The molecule has 2 aromatic heterocycles. The smallest absolute Gasteiger partial charge is 0.344 e. The van der Waals surface area contributed by atoms with Gasteiger partial charge in [0.2, 0.25) is 11.7 Å². The zero-order valence-electron chi connectivity index (χ0n) is 19.0. The monoisotopic (exact) mass is 437 g/mol. The van der Waals surface area contributed by atoms with E-state index in [0.717, 1.165) is 38.0 Å². The molecule has 2 heterocycles. The molecule has 0 atom stereocenters.